The molecule has 10 atom stereocenters. The maximum Gasteiger partial charge on any atom is 0.242 e. The van der Waals surface area contributed by atoms with Crippen molar-refractivity contribution in [3.8, 4) is 69.0 Å². The summed E-state index contributed by atoms with van der Waals surface area (Å²) < 4.78 is 89.5. The van der Waals surface area contributed by atoms with Gasteiger partial charge >= 0.3 is 0 Å². The van der Waals surface area contributed by atoms with E-state index in [4.69, 9.17) is 66.3 Å². The Morgan fingerprint density at radius 3 is 1.49 bits per heavy atom. The Morgan fingerprint density at radius 1 is 0.424 bits per heavy atom. The van der Waals surface area contributed by atoms with Crippen molar-refractivity contribution in [1.29, 1.82) is 0 Å². The summed E-state index contributed by atoms with van der Waals surface area (Å²) in [6.07, 6.45) is -2.37. The Balaban J connectivity index is 1.12. The second-order valence-corrected chi connectivity index (χ2v) is 21.5. The summed E-state index contributed by atoms with van der Waals surface area (Å²) in [4.78, 5) is 16.0. The smallest absolute Gasteiger partial charge is 0.242 e. The first kappa shape index (κ1) is 56.4. The molecule has 15 nitrogen and oxygen atoms in total. The molecule has 0 amide bonds. The van der Waals surface area contributed by atoms with Gasteiger partial charge in [0.2, 0.25) is 5.79 Å². The number of Topliss-reactive ketones (excluding diaryl/α,β-unsaturated/α-hetero) is 1. The van der Waals surface area contributed by atoms with E-state index in [0.29, 0.717) is 86.5 Å². The highest BCUT2D eigenvalue weighted by Crippen LogP contribution is 2.70. The molecule has 0 N–H and O–H groups in total. The van der Waals surface area contributed by atoms with E-state index >= 15 is 4.79 Å². The molecular weight excluding hydrogens is 1080 g/mol. The number of rotatable bonds is 19. The summed E-state index contributed by atoms with van der Waals surface area (Å²) in [5, 5.41) is 0. The second-order valence-electron chi connectivity index (χ2n) is 21.5. The molecule has 4 aliphatic rings. The summed E-state index contributed by atoms with van der Waals surface area (Å²) in [7, 11) is 16.3. The highest BCUT2D eigenvalue weighted by atomic mass is 16.7. The van der Waals surface area contributed by atoms with Crippen LogP contribution in [0.4, 0.5) is 0 Å². The average Bonchev–Trinajstić information content (AvgIpc) is 1.69. The summed E-state index contributed by atoms with van der Waals surface area (Å²) in [6, 6.07) is 52.6. The van der Waals surface area contributed by atoms with Crippen molar-refractivity contribution in [3.63, 3.8) is 0 Å². The summed E-state index contributed by atoms with van der Waals surface area (Å²) in [6.45, 7) is 0. The zero-order valence-electron chi connectivity index (χ0n) is 49.1. The van der Waals surface area contributed by atoms with E-state index in [9.17, 15) is 0 Å². The molecule has 10 unspecified atom stereocenters. The number of hydrogen-bond donors (Lipinski definition) is 0. The highest BCUT2D eigenvalue weighted by molar-refractivity contribution is 6.01. The van der Waals surface area contributed by atoms with E-state index < -0.39 is 59.8 Å². The van der Waals surface area contributed by atoms with Gasteiger partial charge in [-0.05, 0) is 120 Å². The summed E-state index contributed by atoms with van der Waals surface area (Å²) in [5.41, 5.74) is 6.95. The standard InChI is InChI=1S/C70H68O15/c1-72-43-19-11-39(12-20-43)33-55-62(65(71)51-31-28-48(77-6)35-57(51)80-9)66(40-13-21-44(73-2)22-14-40)83-68(55)54-37-53-60(38-58(54)81-10)84-70(42-17-25-46(75-4)26-18-42)64(61(53)50-30-27-47(76-5)34-56(50)79-8)63-67(41-15-23-45(74-3)24-16-41)82-59-36-49(78-7)29-32-52(59)69(63)85-70/h11-32,34-38,55,61-64,66-69H,33H2,1-10H3. The number of hydrogen-bond acceptors (Lipinski definition) is 15. The number of ketones is 1. The fraction of sp³-hybridized carbons (Fsp3) is 0.300. The first-order valence-electron chi connectivity index (χ1n) is 28.1. The van der Waals surface area contributed by atoms with Gasteiger partial charge < -0.3 is 66.3 Å². The number of carbonyl (C=O) groups excluding carboxylic acids is 1. The molecular formula is C70H68O15. The molecule has 4 aliphatic heterocycles. The van der Waals surface area contributed by atoms with Gasteiger partial charge in [-0.2, -0.15) is 0 Å². The fourth-order valence-electron chi connectivity index (χ4n) is 13.4. The van der Waals surface area contributed by atoms with Gasteiger partial charge in [-0.1, -0.05) is 42.5 Å². The van der Waals surface area contributed by atoms with Crippen LogP contribution in [0.15, 0.2) is 164 Å². The first-order chi connectivity index (χ1) is 41.5. The van der Waals surface area contributed by atoms with Crippen LogP contribution >= 0.6 is 0 Å². The molecule has 0 saturated carbocycles. The van der Waals surface area contributed by atoms with Crippen LogP contribution in [-0.4, -0.2) is 76.9 Å². The minimum atomic E-state index is -1.51. The van der Waals surface area contributed by atoms with Gasteiger partial charge in [0.1, 0.15) is 75.1 Å². The number of fused-ring (bicyclic) bond motifs is 6. The molecule has 85 heavy (non-hydrogen) atoms. The van der Waals surface area contributed by atoms with Gasteiger partial charge in [0.25, 0.3) is 0 Å². The van der Waals surface area contributed by atoms with Crippen LogP contribution in [0.1, 0.15) is 85.2 Å². The second kappa shape index (κ2) is 23.5. The number of methoxy groups -OCH3 is 10. The van der Waals surface area contributed by atoms with E-state index in [-0.39, 0.29) is 5.78 Å². The highest BCUT2D eigenvalue weighted by Gasteiger charge is 2.68. The molecule has 12 rings (SSSR count). The maximum absolute atomic E-state index is 16.0. The third-order valence-electron chi connectivity index (χ3n) is 17.5. The van der Waals surface area contributed by atoms with Crippen LogP contribution in [0.5, 0.6) is 69.0 Å². The molecule has 8 aromatic rings. The predicted molar refractivity (Wildman–Crippen MR) is 317 cm³/mol. The molecule has 0 bridgehead atoms. The van der Waals surface area contributed by atoms with Crippen molar-refractivity contribution in [1.82, 2.24) is 0 Å². The lowest BCUT2D eigenvalue weighted by Gasteiger charge is -2.47. The quantitative estimate of drug-likeness (QED) is 0.0707. The summed E-state index contributed by atoms with van der Waals surface area (Å²) in [5.74, 6) is 2.45. The lowest BCUT2D eigenvalue weighted by atomic mass is 9.64. The van der Waals surface area contributed by atoms with Crippen LogP contribution in [0.2, 0.25) is 0 Å². The SMILES string of the molecule is COc1ccc(CC2C(c3cc4c(cc3OC)OC3(c5ccc(OC)cc5)OC5c6ccc(OC)cc6OC(c6ccc(OC)cc6)C5C3C4c3ccc(OC)cc3OC)OC(c3ccc(OC)cc3)C2C(=O)c2ccc(OC)cc2OC)cc1. The van der Waals surface area contributed by atoms with Crippen LogP contribution in [0.3, 0.4) is 0 Å². The van der Waals surface area contributed by atoms with Crippen molar-refractivity contribution in [2.75, 3.05) is 71.1 Å². The Bertz CT molecular complexity index is 3700. The van der Waals surface area contributed by atoms with E-state index in [2.05, 4.69) is 12.1 Å². The van der Waals surface area contributed by atoms with E-state index in [0.717, 1.165) is 38.9 Å². The Hall–Kier alpha value is -9.05. The van der Waals surface area contributed by atoms with Crippen molar-refractivity contribution in [3.05, 3.63) is 214 Å². The number of carbonyl (C=O) groups is 1. The van der Waals surface area contributed by atoms with Crippen LogP contribution in [-0.2, 0) is 21.7 Å². The van der Waals surface area contributed by atoms with Gasteiger partial charge in [-0.25, -0.2) is 0 Å². The van der Waals surface area contributed by atoms with Crippen molar-refractivity contribution < 1.29 is 71.1 Å². The fourth-order valence-corrected chi connectivity index (χ4v) is 13.4. The normalized spacial score (nSPS) is 23.3. The average molecular weight is 1150 g/mol. The van der Waals surface area contributed by atoms with Crippen molar-refractivity contribution in [2.45, 2.75) is 42.5 Å². The predicted octanol–water partition coefficient (Wildman–Crippen LogP) is 13.5. The zero-order chi connectivity index (χ0) is 59.1. The first-order valence-corrected chi connectivity index (χ1v) is 28.1. The molecule has 0 aliphatic carbocycles. The van der Waals surface area contributed by atoms with Crippen LogP contribution < -0.4 is 56.8 Å². The summed E-state index contributed by atoms with van der Waals surface area (Å²) >= 11 is 0. The lowest BCUT2D eigenvalue weighted by molar-refractivity contribution is -0.212. The molecule has 8 aromatic carbocycles. The molecule has 0 aromatic heterocycles. The van der Waals surface area contributed by atoms with Crippen molar-refractivity contribution >= 4 is 5.78 Å². The van der Waals surface area contributed by atoms with Gasteiger partial charge in [0.15, 0.2) is 5.78 Å². The minimum absolute atomic E-state index is 0.166. The van der Waals surface area contributed by atoms with Crippen LogP contribution in [0, 0.1) is 23.7 Å². The largest absolute Gasteiger partial charge is 0.497 e. The Kier molecular flexibility index (Phi) is 15.6. The molecule has 4 heterocycles. The van der Waals surface area contributed by atoms with E-state index in [1.807, 2.05) is 133 Å². The van der Waals surface area contributed by atoms with Gasteiger partial charge in [0, 0.05) is 69.8 Å². The monoisotopic (exact) mass is 1150 g/mol. The molecule has 2 saturated heterocycles. The Labute approximate surface area is 495 Å². The Morgan fingerprint density at radius 2 is 0.918 bits per heavy atom. The van der Waals surface area contributed by atoms with Crippen molar-refractivity contribution in [2.24, 2.45) is 23.7 Å². The number of ether oxygens (including phenoxy) is 14. The maximum atomic E-state index is 16.0. The molecule has 2 fully saturated rings. The van der Waals surface area contributed by atoms with E-state index in [1.54, 1.807) is 89.3 Å². The minimum Gasteiger partial charge on any atom is -0.497 e. The van der Waals surface area contributed by atoms with Crippen LogP contribution in [0.25, 0.3) is 0 Å². The topological polar surface area (TPSA) is 146 Å². The number of benzene rings is 8. The van der Waals surface area contributed by atoms with Gasteiger partial charge in [-0.3, -0.25) is 4.79 Å². The van der Waals surface area contributed by atoms with E-state index in [1.165, 1.54) is 0 Å². The third kappa shape index (κ3) is 9.98. The lowest BCUT2D eigenvalue weighted by Crippen LogP contribution is -2.48. The molecule has 0 radical (unpaired) electrons. The molecule has 0 spiro atoms. The zero-order valence-corrected chi connectivity index (χ0v) is 49.1. The third-order valence-corrected chi connectivity index (χ3v) is 17.5. The van der Waals surface area contributed by atoms with Gasteiger partial charge in [-0.15, -0.1) is 0 Å². The molecule has 438 valence electrons. The van der Waals surface area contributed by atoms with Gasteiger partial charge in [0.05, 0.1) is 107 Å². The molecule has 15 heteroatoms.